The second-order valence-corrected chi connectivity index (χ2v) is 4.00. The predicted octanol–water partition coefficient (Wildman–Crippen LogP) is 2.38. The van der Waals surface area contributed by atoms with Gasteiger partial charge in [-0.15, -0.1) is 0 Å². The predicted molar refractivity (Wildman–Crippen MR) is 50.8 cm³/mol. The van der Waals surface area contributed by atoms with Gasteiger partial charge in [0, 0.05) is 15.6 Å². The molecule has 0 fully saturated rings. The van der Waals surface area contributed by atoms with Crippen LogP contribution in [0.25, 0.3) is 0 Å². The van der Waals surface area contributed by atoms with E-state index in [9.17, 15) is 4.79 Å². The normalized spacial score (nSPS) is 15.2. The van der Waals surface area contributed by atoms with Gasteiger partial charge in [-0.05, 0) is 30.0 Å². The molecule has 1 aromatic rings. The van der Waals surface area contributed by atoms with E-state index in [0.717, 1.165) is 10.6 Å². The molecule has 62 valence electrons. The largest absolute Gasteiger partial charge is 0.376 e. The summed E-state index contributed by atoms with van der Waals surface area (Å²) >= 11 is 7.01. The highest BCUT2D eigenvalue weighted by atomic mass is 35.5. The number of carbonyl (C=O) groups is 1. The maximum absolute atomic E-state index is 11.0. The molecule has 0 radical (unpaired) electrons. The average Bonchev–Trinajstić information content (AvgIpc) is 2.03. The Labute approximate surface area is 79.3 Å². The zero-order valence-corrected chi connectivity index (χ0v) is 7.71. The van der Waals surface area contributed by atoms with Crippen LogP contribution in [-0.4, -0.2) is 11.7 Å². The Morgan fingerprint density at radius 3 is 3.17 bits per heavy atom. The molecule has 0 spiro atoms. The molecule has 0 saturated heterocycles. The lowest BCUT2D eigenvalue weighted by molar-refractivity contribution is -0.109. The summed E-state index contributed by atoms with van der Waals surface area (Å²) in [5.41, 5.74) is 0.990. The van der Waals surface area contributed by atoms with Crippen molar-refractivity contribution in [1.29, 1.82) is 0 Å². The molecule has 4 heteroatoms. The summed E-state index contributed by atoms with van der Waals surface area (Å²) in [5, 5.41) is 3.80. The molecular formula is C8H6ClNOS. The number of nitrogens with one attached hydrogen (secondary N) is 1. The van der Waals surface area contributed by atoms with Crippen molar-refractivity contribution < 1.29 is 4.79 Å². The molecule has 0 aliphatic carbocycles. The van der Waals surface area contributed by atoms with Crippen molar-refractivity contribution in [1.82, 2.24) is 0 Å². The smallest absolute Gasteiger partial charge is 0.212 e. The molecule has 0 aromatic heterocycles. The Bertz CT molecular complexity index is 340. The number of thioether (sulfide) groups is 1. The molecule has 1 aromatic carbocycles. The zero-order valence-electron chi connectivity index (χ0n) is 6.13. The number of rotatable bonds is 0. The molecule has 0 amide bonds. The van der Waals surface area contributed by atoms with Gasteiger partial charge in [0.05, 0.1) is 6.54 Å². The van der Waals surface area contributed by atoms with E-state index in [1.807, 2.05) is 12.1 Å². The van der Waals surface area contributed by atoms with Crippen LogP contribution in [0.5, 0.6) is 0 Å². The van der Waals surface area contributed by atoms with E-state index in [-0.39, 0.29) is 5.12 Å². The number of hydrogen-bond acceptors (Lipinski definition) is 3. The van der Waals surface area contributed by atoms with Crippen LogP contribution in [0.15, 0.2) is 23.1 Å². The number of benzene rings is 1. The molecule has 1 N–H and O–H groups in total. The fourth-order valence-corrected chi connectivity index (χ4v) is 2.12. The monoisotopic (exact) mass is 199 g/mol. The summed E-state index contributed by atoms with van der Waals surface area (Å²) in [6.45, 7) is 0.402. The Balaban J connectivity index is 2.44. The Morgan fingerprint density at radius 1 is 1.50 bits per heavy atom. The molecule has 0 atom stereocenters. The van der Waals surface area contributed by atoms with Gasteiger partial charge in [0.1, 0.15) is 0 Å². The third kappa shape index (κ3) is 1.42. The van der Waals surface area contributed by atoms with E-state index in [1.165, 1.54) is 11.8 Å². The summed E-state index contributed by atoms with van der Waals surface area (Å²) < 4.78 is 0. The third-order valence-corrected chi connectivity index (χ3v) is 2.76. The van der Waals surface area contributed by atoms with E-state index in [2.05, 4.69) is 5.32 Å². The van der Waals surface area contributed by atoms with Crippen molar-refractivity contribution >= 4 is 34.2 Å². The van der Waals surface area contributed by atoms with Gasteiger partial charge in [0.25, 0.3) is 0 Å². The number of hydrogen-bond donors (Lipinski definition) is 1. The summed E-state index contributed by atoms with van der Waals surface area (Å²) in [7, 11) is 0. The van der Waals surface area contributed by atoms with Crippen LogP contribution in [0.3, 0.4) is 0 Å². The highest BCUT2D eigenvalue weighted by molar-refractivity contribution is 8.14. The van der Waals surface area contributed by atoms with E-state index in [4.69, 9.17) is 11.6 Å². The first-order valence-electron chi connectivity index (χ1n) is 3.50. The molecule has 0 unspecified atom stereocenters. The highest BCUT2D eigenvalue weighted by Gasteiger charge is 2.15. The van der Waals surface area contributed by atoms with Crippen molar-refractivity contribution in [2.45, 2.75) is 4.90 Å². The Kier molecular flexibility index (Phi) is 1.98. The number of carbonyl (C=O) groups excluding carboxylic acids is 1. The molecule has 1 aliphatic rings. The second-order valence-electron chi connectivity index (χ2n) is 2.47. The van der Waals surface area contributed by atoms with E-state index in [0.29, 0.717) is 11.6 Å². The van der Waals surface area contributed by atoms with Gasteiger partial charge in [0.15, 0.2) is 0 Å². The SMILES string of the molecule is O=C1CNc2ccc(Cl)cc2S1. The van der Waals surface area contributed by atoms with Crippen molar-refractivity contribution in [2.24, 2.45) is 0 Å². The lowest BCUT2D eigenvalue weighted by Crippen LogP contribution is -2.15. The van der Waals surface area contributed by atoms with Gasteiger partial charge >= 0.3 is 0 Å². The minimum Gasteiger partial charge on any atom is -0.376 e. The Morgan fingerprint density at radius 2 is 2.33 bits per heavy atom. The van der Waals surface area contributed by atoms with Gasteiger partial charge in [-0.1, -0.05) is 11.6 Å². The molecule has 12 heavy (non-hydrogen) atoms. The molecule has 2 nitrogen and oxygen atoms in total. The van der Waals surface area contributed by atoms with Gasteiger partial charge in [-0.2, -0.15) is 0 Å². The first kappa shape index (κ1) is 7.95. The standard InChI is InChI=1S/C8H6ClNOS/c9-5-1-2-6-7(3-5)12-8(11)4-10-6/h1-3,10H,4H2. The second kappa shape index (κ2) is 2.99. The topological polar surface area (TPSA) is 29.1 Å². The number of halogens is 1. The van der Waals surface area contributed by atoms with E-state index < -0.39 is 0 Å². The summed E-state index contributed by atoms with van der Waals surface area (Å²) in [6.07, 6.45) is 0. The molecule has 0 bridgehead atoms. The lowest BCUT2D eigenvalue weighted by Gasteiger charge is -2.15. The fourth-order valence-electron chi connectivity index (χ4n) is 1.05. The number of fused-ring (bicyclic) bond motifs is 1. The first-order chi connectivity index (χ1) is 5.75. The number of anilines is 1. The van der Waals surface area contributed by atoms with E-state index >= 15 is 0 Å². The molecular weight excluding hydrogens is 194 g/mol. The van der Waals surface area contributed by atoms with Crippen molar-refractivity contribution in [3.63, 3.8) is 0 Å². The summed E-state index contributed by atoms with van der Waals surface area (Å²) in [6, 6.07) is 5.49. The highest BCUT2D eigenvalue weighted by Crippen LogP contribution is 2.33. The fraction of sp³-hybridized carbons (Fsp3) is 0.125. The minimum atomic E-state index is 0.129. The maximum atomic E-state index is 11.0. The van der Waals surface area contributed by atoms with Gasteiger partial charge in [-0.25, -0.2) is 0 Å². The van der Waals surface area contributed by atoms with E-state index in [1.54, 1.807) is 6.07 Å². The van der Waals surface area contributed by atoms with Crippen molar-refractivity contribution in [3.8, 4) is 0 Å². The van der Waals surface area contributed by atoms with Crippen LogP contribution in [0.2, 0.25) is 5.02 Å². The lowest BCUT2D eigenvalue weighted by atomic mass is 10.3. The zero-order chi connectivity index (χ0) is 8.55. The molecule has 0 saturated carbocycles. The van der Waals surface area contributed by atoms with Crippen LogP contribution in [0, 0.1) is 0 Å². The molecule has 1 aliphatic heterocycles. The van der Waals surface area contributed by atoms with Crippen molar-refractivity contribution in [3.05, 3.63) is 23.2 Å². The van der Waals surface area contributed by atoms with Crippen LogP contribution in [0.4, 0.5) is 5.69 Å². The van der Waals surface area contributed by atoms with Crippen molar-refractivity contribution in [2.75, 3.05) is 11.9 Å². The third-order valence-electron chi connectivity index (χ3n) is 1.59. The quantitative estimate of drug-likeness (QED) is 0.696. The Hall–Kier alpha value is -0.670. The van der Waals surface area contributed by atoms with Crippen LogP contribution in [-0.2, 0) is 4.79 Å². The van der Waals surface area contributed by atoms with Gasteiger partial charge in [-0.3, -0.25) is 4.79 Å². The average molecular weight is 200 g/mol. The summed E-state index contributed by atoms with van der Waals surface area (Å²) in [5.74, 6) is 0. The summed E-state index contributed by atoms with van der Waals surface area (Å²) in [4.78, 5) is 11.9. The maximum Gasteiger partial charge on any atom is 0.212 e. The molecule has 1 heterocycles. The van der Waals surface area contributed by atoms with Gasteiger partial charge < -0.3 is 5.32 Å². The van der Waals surface area contributed by atoms with Crippen LogP contribution in [0.1, 0.15) is 0 Å². The van der Waals surface area contributed by atoms with Crippen LogP contribution < -0.4 is 5.32 Å². The van der Waals surface area contributed by atoms with Crippen LogP contribution >= 0.6 is 23.4 Å². The first-order valence-corrected chi connectivity index (χ1v) is 4.69. The minimum absolute atomic E-state index is 0.129. The van der Waals surface area contributed by atoms with Gasteiger partial charge in [0.2, 0.25) is 5.12 Å². The molecule has 2 rings (SSSR count).